The summed E-state index contributed by atoms with van der Waals surface area (Å²) in [5, 5.41) is 0. The average molecular weight is 419 g/mol. The van der Waals surface area contributed by atoms with Gasteiger partial charge in [0.2, 0.25) is 0 Å². The first-order valence-electron chi connectivity index (χ1n) is 11.5. The molecule has 0 heterocycles. The van der Waals surface area contributed by atoms with Crippen LogP contribution in [0.1, 0.15) is 59.8 Å². The van der Waals surface area contributed by atoms with Gasteiger partial charge in [-0.05, 0) is 35.1 Å². The van der Waals surface area contributed by atoms with Crippen LogP contribution >= 0.6 is 0 Å². The van der Waals surface area contributed by atoms with Crippen molar-refractivity contribution in [3.05, 3.63) is 144 Å². The summed E-state index contributed by atoms with van der Waals surface area (Å²) in [5.41, 5.74) is 5.10. The van der Waals surface area contributed by atoms with E-state index in [0.29, 0.717) is 18.6 Å². The Hall–Kier alpha value is -3.45. The average Bonchev–Trinajstić information content (AvgIpc) is 2.87. The lowest BCUT2D eigenvalue weighted by Gasteiger charge is -2.19. The van der Waals surface area contributed by atoms with Crippen molar-refractivity contribution in [3.63, 3.8) is 0 Å². The largest absolute Gasteiger partial charge is 0.300 e. The van der Waals surface area contributed by atoms with E-state index in [4.69, 9.17) is 0 Å². The molecule has 0 aliphatic rings. The van der Waals surface area contributed by atoms with Gasteiger partial charge in [0.15, 0.2) is 0 Å². The predicted molar refractivity (Wildman–Crippen MR) is 133 cm³/mol. The number of carbonyl (C=O) groups is 1. The molecule has 0 fully saturated rings. The summed E-state index contributed by atoms with van der Waals surface area (Å²) in [7, 11) is 0. The second-order valence-electron chi connectivity index (χ2n) is 8.36. The minimum Gasteiger partial charge on any atom is -0.300 e. The van der Waals surface area contributed by atoms with Gasteiger partial charge in [0.25, 0.3) is 0 Å². The number of Topliss-reactive ketones (excluding diaryl/α,β-unsaturated/α-hetero) is 1. The van der Waals surface area contributed by atoms with Gasteiger partial charge in [0.05, 0.1) is 0 Å². The van der Waals surface area contributed by atoms with E-state index in [2.05, 4.69) is 97.1 Å². The normalized spacial score (nSPS) is 11.1. The fourth-order valence-electron chi connectivity index (χ4n) is 4.53. The Labute approximate surface area is 191 Å². The van der Waals surface area contributed by atoms with Crippen LogP contribution in [0.2, 0.25) is 0 Å². The first-order chi connectivity index (χ1) is 15.8. The molecule has 32 heavy (non-hydrogen) atoms. The minimum atomic E-state index is 0.250. The fraction of sp³-hybridized carbons (Fsp3) is 0.194. The molecule has 0 radical (unpaired) electrons. The Morgan fingerprint density at radius 3 is 0.938 bits per heavy atom. The van der Waals surface area contributed by atoms with E-state index in [9.17, 15) is 4.79 Å². The molecule has 0 saturated heterocycles. The molecule has 0 N–H and O–H groups in total. The molecule has 0 saturated carbocycles. The zero-order valence-corrected chi connectivity index (χ0v) is 18.4. The molecule has 0 aromatic heterocycles. The van der Waals surface area contributed by atoms with Crippen LogP contribution in [0.15, 0.2) is 121 Å². The molecule has 0 amide bonds. The molecule has 1 heteroatoms. The highest BCUT2D eigenvalue weighted by Crippen LogP contribution is 2.32. The third-order valence-corrected chi connectivity index (χ3v) is 6.23. The monoisotopic (exact) mass is 418 g/mol. The third kappa shape index (κ3) is 5.82. The maximum Gasteiger partial charge on any atom is 0.132 e. The lowest BCUT2D eigenvalue weighted by atomic mass is 9.84. The first kappa shape index (κ1) is 21.8. The van der Waals surface area contributed by atoms with Gasteiger partial charge in [-0.25, -0.2) is 0 Å². The molecule has 1 nitrogen and oxygen atoms in total. The molecule has 0 aliphatic carbocycles. The Morgan fingerprint density at radius 2 is 0.688 bits per heavy atom. The van der Waals surface area contributed by atoms with Gasteiger partial charge in [-0.15, -0.1) is 0 Å². The van der Waals surface area contributed by atoms with Crippen molar-refractivity contribution in [3.8, 4) is 0 Å². The van der Waals surface area contributed by atoms with Crippen LogP contribution in [0.4, 0.5) is 0 Å². The van der Waals surface area contributed by atoms with E-state index < -0.39 is 0 Å². The second-order valence-corrected chi connectivity index (χ2v) is 8.36. The molecule has 160 valence electrons. The summed E-state index contributed by atoms with van der Waals surface area (Å²) in [5.74, 6) is 0.847. The molecular formula is C31H30O. The minimum absolute atomic E-state index is 0.250. The summed E-state index contributed by atoms with van der Waals surface area (Å²) in [6, 6.07) is 42.2. The van der Waals surface area contributed by atoms with Gasteiger partial charge in [0, 0.05) is 24.7 Å². The van der Waals surface area contributed by atoms with Crippen molar-refractivity contribution < 1.29 is 4.79 Å². The molecule has 0 bridgehead atoms. The number of rotatable bonds is 10. The lowest BCUT2D eigenvalue weighted by Crippen LogP contribution is -2.08. The highest BCUT2D eigenvalue weighted by atomic mass is 16.1. The molecule has 4 aromatic rings. The quantitative estimate of drug-likeness (QED) is 0.257. The van der Waals surface area contributed by atoms with Crippen LogP contribution in [0, 0.1) is 0 Å². The van der Waals surface area contributed by atoms with Crippen LogP contribution in [-0.2, 0) is 4.79 Å². The maximum absolute atomic E-state index is 13.0. The SMILES string of the molecule is O=C(CCC(c1ccccc1)c1ccccc1)CCC(c1ccccc1)c1ccccc1. The summed E-state index contributed by atoms with van der Waals surface area (Å²) in [4.78, 5) is 13.0. The molecule has 0 aliphatic heterocycles. The molecule has 4 aromatic carbocycles. The van der Waals surface area contributed by atoms with E-state index in [-0.39, 0.29) is 11.8 Å². The Bertz CT molecular complexity index is 904. The molecule has 0 unspecified atom stereocenters. The first-order valence-corrected chi connectivity index (χ1v) is 11.5. The van der Waals surface area contributed by atoms with E-state index in [0.717, 1.165) is 12.8 Å². The topological polar surface area (TPSA) is 17.1 Å². The molecule has 4 rings (SSSR count). The summed E-state index contributed by atoms with van der Waals surface area (Å²) in [6.07, 6.45) is 2.89. The molecular weight excluding hydrogens is 388 g/mol. The van der Waals surface area contributed by atoms with E-state index >= 15 is 0 Å². The molecule has 0 atom stereocenters. The standard InChI is InChI=1S/C31H30O/c32-29(21-23-30(25-13-5-1-6-14-25)26-15-7-2-8-16-26)22-24-31(27-17-9-3-10-18-27)28-19-11-4-12-20-28/h1-20,30-31H,21-24H2. The lowest BCUT2D eigenvalue weighted by molar-refractivity contribution is -0.119. The van der Waals surface area contributed by atoms with Crippen molar-refractivity contribution in [2.24, 2.45) is 0 Å². The second kappa shape index (κ2) is 11.2. The fourth-order valence-corrected chi connectivity index (χ4v) is 4.53. The highest BCUT2D eigenvalue weighted by Gasteiger charge is 2.18. The van der Waals surface area contributed by atoms with E-state index in [1.54, 1.807) is 0 Å². The smallest absolute Gasteiger partial charge is 0.132 e. The van der Waals surface area contributed by atoms with Crippen LogP contribution in [0.25, 0.3) is 0 Å². The van der Waals surface area contributed by atoms with Gasteiger partial charge < -0.3 is 0 Å². The van der Waals surface area contributed by atoms with Crippen LogP contribution in [0.3, 0.4) is 0 Å². The van der Waals surface area contributed by atoms with E-state index in [1.807, 2.05) is 24.3 Å². The van der Waals surface area contributed by atoms with Crippen molar-refractivity contribution in [1.82, 2.24) is 0 Å². The zero-order chi connectivity index (χ0) is 22.0. The number of benzene rings is 4. The molecule has 0 spiro atoms. The number of hydrogen-bond donors (Lipinski definition) is 0. The maximum atomic E-state index is 13.0. The van der Waals surface area contributed by atoms with Crippen molar-refractivity contribution in [2.75, 3.05) is 0 Å². The number of carbonyl (C=O) groups excluding carboxylic acids is 1. The van der Waals surface area contributed by atoms with Gasteiger partial charge in [0.1, 0.15) is 5.78 Å². The van der Waals surface area contributed by atoms with E-state index in [1.165, 1.54) is 22.3 Å². The number of ketones is 1. The van der Waals surface area contributed by atoms with Crippen molar-refractivity contribution in [1.29, 1.82) is 0 Å². The van der Waals surface area contributed by atoms with Gasteiger partial charge in [-0.1, -0.05) is 121 Å². The highest BCUT2D eigenvalue weighted by molar-refractivity contribution is 5.78. The summed E-state index contributed by atoms with van der Waals surface area (Å²) in [6.45, 7) is 0. The van der Waals surface area contributed by atoms with Gasteiger partial charge in [-0.3, -0.25) is 4.79 Å². The van der Waals surface area contributed by atoms with Crippen LogP contribution < -0.4 is 0 Å². The number of hydrogen-bond acceptors (Lipinski definition) is 1. The van der Waals surface area contributed by atoms with Crippen LogP contribution in [0.5, 0.6) is 0 Å². The van der Waals surface area contributed by atoms with Crippen molar-refractivity contribution >= 4 is 5.78 Å². The Kier molecular flexibility index (Phi) is 7.65. The van der Waals surface area contributed by atoms with Gasteiger partial charge >= 0.3 is 0 Å². The third-order valence-electron chi connectivity index (χ3n) is 6.23. The predicted octanol–water partition coefficient (Wildman–Crippen LogP) is 7.78. The Balaban J connectivity index is 1.43. The summed E-state index contributed by atoms with van der Waals surface area (Å²) >= 11 is 0. The Morgan fingerprint density at radius 1 is 0.438 bits per heavy atom. The van der Waals surface area contributed by atoms with Gasteiger partial charge in [-0.2, -0.15) is 0 Å². The van der Waals surface area contributed by atoms with Crippen molar-refractivity contribution in [2.45, 2.75) is 37.5 Å². The van der Waals surface area contributed by atoms with Crippen LogP contribution in [-0.4, -0.2) is 5.78 Å². The zero-order valence-electron chi connectivity index (χ0n) is 18.4. The summed E-state index contributed by atoms with van der Waals surface area (Å²) < 4.78 is 0.